The Morgan fingerprint density at radius 3 is 1.55 bits per heavy atom. The van der Waals surface area contributed by atoms with Gasteiger partial charge in [-0.15, -0.1) is 0 Å². The van der Waals surface area contributed by atoms with Crippen molar-refractivity contribution in [1.82, 2.24) is 0 Å². The van der Waals surface area contributed by atoms with Gasteiger partial charge in [-0.3, -0.25) is 14.4 Å². The fourth-order valence-corrected chi connectivity index (χ4v) is 2.90. The summed E-state index contributed by atoms with van der Waals surface area (Å²) in [5.74, 6) is -7.32. The molecule has 22 heavy (non-hydrogen) atoms. The molecular weight excluding hydrogens is 296 g/mol. The van der Waals surface area contributed by atoms with E-state index in [1.807, 2.05) is 0 Å². The van der Waals surface area contributed by atoms with Gasteiger partial charge in [0.15, 0.2) is 16.8 Å². The van der Waals surface area contributed by atoms with Crippen LogP contribution in [0.15, 0.2) is 0 Å². The summed E-state index contributed by atoms with van der Waals surface area (Å²) in [6, 6.07) is 0. The van der Waals surface area contributed by atoms with Gasteiger partial charge in [0, 0.05) is 0 Å². The number of aliphatic carboxylic acids is 3. The van der Waals surface area contributed by atoms with Gasteiger partial charge in [-0.1, -0.05) is 27.7 Å². The van der Waals surface area contributed by atoms with Crippen LogP contribution in [0.3, 0.4) is 0 Å². The van der Waals surface area contributed by atoms with Crippen molar-refractivity contribution in [2.24, 2.45) is 16.7 Å². The summed E-state index contributed by atoms with van der Waals surface area (Å²) >= 11 is 0. The Bertz CT molecular complexity index is 491. The summed E-state index contributed by atoms with van der Waals surface area (Å²) in [4.78, 5) is 46.6. The van der Waals surface area contributed by atoms with Crippen molar-refractivity contribution in [3.8, 4) is 0 Å². The second-order valence-corrected chi connectivity index (χ2v) is 6.22. The fraction of sp³-hybridized carbons (Fsp3) is 0.714. The molecule has 0 aromatic heterocycles. The van der Waals surface area contributed by atoms with Gasteiger partial charge >= 0.3 is 17.9 Å². The molecule has 0 amide bonds. The van der Waals surface area contributed by atoms with E-state index in [0.29, 0.717) is 0 Å². The zero-order valence-electron chi connectivity index (χ0n) is 13.2. The van der Waals surface area contributed by atoms with Crippen LogP contribution in [0.2, 0.25) is 0 Å². The Morgan fingerprint density at radius 1 is 0.955 bits per heavy atom. The van der Waals surface area contributed by atoms with Crippen molar-refractivity contribution < 1.29 is 39.6 Å². The van der Waals surface area contributed by atoms with Crippen LogP contribution in [0, 0.1) is 16.7 Å². The zero-order chi connectivity index (χ0) is 18.1. The highest BCUT2D eigenvalue weighted by molar-refractivity contribution is 6.09. The molecule has 0 saturated heterocycles. The van der Waals surface area contributed by atoms with Crippen molar-refractivity contribution in [2.45, 2.75) is 46.6 Å². The van der Waals surface area contributed by atoms with Crippen LogP contribution in [0.4, 0.5) is 0 Å². The minimum absolute atomic E-state index is 0.535. The minimum Gasteiger partial charge on any atom is -0.481 e. The molecule has 2 atom stereocenters. The van der Waals surface area contributed by atoms with Crippen LogP contribution in [-0.2, 0) is 19.2 Å². The third-order valence-corrected chi connectivity index (χ3v) is 4.64. The highest BCUT2D eigenvalue weighted by Gasteiger charge is 2.72. The molecule has 8 nitrogen and oxygen atoms in total. The third kappa shape index (κ3) is 2.58. The number of carbonyl (C=O) groups excluding carboxylic acids is 1. The first-order valence-electron chi connectivity index (χ1n) is 6.61. The first-order chi connectivity index (χ1) is 9.69. The number of Topliss-reactive ketones (excluding diaryl/α,β-unsaturated/α-hetero) is 1. The molecule has 126 valence electrons. The number of rotatable bonds is 8. The molecule has 4 N–H and O–H groups in total. The number of carboxylic acid groups (broad SMARTS) is 3. The Labute approximate surface area is 127 Å². The van der Waals surface area contributed by atoms with E-state index in [1.165, 1.54) is 13.8 Å². The summed E-state index contributed by atoms with van der Waals surface area (Å²) in [7, 11) is 0. The van der Waals surface area contributed by atoms with Crippen LogP contribution < -0.4 is 0 Å². The predicted molar refractivity (Wildman–Crippen MR) is 74.2 cm³/mol. The Morgan fingerprint density at radius 2 is 1.36 bits per heavy atom. The molecule has 0 aliphatic heterocycles. The third-order valence-electron chi connectivity index (χ3n) is 4.64. The average molecular weight is 318 g/mol. The predicted octanol–water partition coefficient (Wildman–Crippen LogP) is 0.619. The smallest absolute Gasteiger partial charge is 0.338 e. The number of carbonyl (C=O) groups is 4. The minimum atomic E-state index is -3.29. The van der Waals surface area contributed by atoms with Gasteiger partial charge < -0.3 is 20.4 Å². The molecule has 0 saturated carbocycles. The van der Waals surface area contributed by atoms with Crippen LogP contribution >= 0.6 is 0 Å². The van der Waals surface area contributed by atoms with Gasteiger partial charge in [-0.2, -0.15) is 0 Å². The summed E-state index contributed by atoms with van der Waals surface area (Å²) in [5, 5.41) is 38.4. The summed E-state index contributed by atoms with van der Waals surface area (Å²) in [6.45, 7) is 6.60. The van der Waals surface area contributed by atoms with Gasteiger partial charge in [0.05, 0.1) is 6.42 Å². The number of hydrogen-bond acceptors (Lipinski definition) is 5. The van der Waals surface area contributed by atoms with Gasteiger partial charge in [-0.25, -0.2) is 4.79 Å². The van der Waals surface area contributed by atoms with Gasteiger partial charge in [0.2, 0.25) is 0 Å². The lowest BCUT2D eigenvalue weighted by atomic mass is 9.50. The van der Waals surface area contributed by atoms with E-state index in [9.17, 15) is 34.5 Å². The number of aliphatic hydroxyl groups is 1. The molecule has 0 radical (unpaired) electrons. The second kappa shape index (κ2) is 6.04. The lowest BCUT2D eigenvalue weighted by molar-refractivity contribution is -0.212. The van der Waals surface area contributed by atoms with Crippen molar-refractivity contribution in [3.63, 3.8) is 0 Å². The van der Waals surface area contributed by atoms with Crippen LogP contribution in [0.1, 0.15) is 41.0 Å². The molecular formula is C14H22O8. The lowest BCUT2D eigenvalue weighted by Crippen LogP contribution is -2.69. The number of ketones is 1. The highest BCUT2D eigenvalue weighted by atomic mass is 16.4. The van der Waals surface area contributed by atoms with Crippen molar-refractivity contribution in [1.29, 1.82) is 0 Å². The molecule has 0 bridgehead atoms. The van der Waals surface area contributed by atoms with Crippen LogP contribution in [0.5, 0.6) is 0 Å². The SMILES string of the molecule is CC(=O)C(C(=O)O)(C(O)(CC(=O)O)C(=O)O)C(C)(C)C(C)C. The average Bonchev–Trinajstić information content (AvgIpc) is 2.25. The largest absolute Gasteiger partial charge is 0.481 e. The summed E-state index contributed by atoms with van der Waals surface area (Å²) in [6.07, 6.45) is -1.41. The highest BCUT2D eigenvalue weighted by Crippen LogP contribution is 2.53. The topological polar surface area (TPSA) is 149 Å². The molecule has 0 rings (SSSR count). The molecule has 0 fully saturated rings. The lowest BCUT2D eigenvalue weighted by Gasteiger charge is -2.50. The Hall–Kier alpha value is -1.96. The van der Waals surface area contributed by atoms with Gasteiger partial charge in [0.25, 0.3) is 0 Å². The second-order valence-electron chi connectivity index (χ2n) is 6.22. The van der Waals surface area contributed by atoms with E-state index in [4.69, 9.17) is 5.11 Å². The number of hydrogen-bond donors (Lipinski definition) is 4. The van der Waals surface area contributed by atoms with Crippen LogP contribution in [-0.4, -0.2) is 49.7 Å². The first-order valence-corrected chi connectivity index (χ1v) is 6.61. The van der Waals surface area contributed by atoms with Crippen molar-refractivity contribution in [2.75, 3.05) is 0 Å². The van der Waals surface area contributed by atoms with E-state index in [1.54, 1.807) is 13.8 Å². The van der Waals surface area contributed by atoms with Gasteiger partial charge in [-0.05, 0) is 18.3 Å². The fourth-order valence-electron chi connectivity index (χ4n) is 2.90. The molecule has 8 heteroatoms. The van der Waals surface area contributed by atoms with E-state index in [-0.39, 0.29) is 0 Å². The van der Waals surface area contributed by atoms with E-state index < -0.39 is 52.5 Å². The monoisotopic (exact) mass is 318 g/mol. The molecule has 0 aliphatic rings. The molecule has 0 aromatic rings. The van der Waals surface area contributed by atoms with Crippen molar-refractivity contribution in [3.05, 3.63) is 0 Å². The maximum atomic E-state index is 12.2. The zero-order valence-corrected chi connectivity index (χ0v) is 13.2. The molecule has 2 unspecified atom stereocenters. The van der Waals surface area contributed by atoms with Crippen LogP contribution in [0.25, 0.3) is 0 Å². The number of carboxylic acids is 3. The molecule has 0 spiro atoms. The summed E-state index contributed by atoms with van der Waals surface area (Å²) in [5.41, 5.74) is -7.64. The van der Waals surface area contributed by atoms with E-state index in [0.717, 1.165) is 6.92 Å². The van der Waals surface area contributed by atoms with Gasteiger partial charge in [0.1, 0.15) is 0 Å². The Kier molecular flexibility index (Phi) is 5.50. The Balaban J connectivity index is 6.90. The molecule has 0 aromatic carbocycles. The molecule has 0 heterocycles. The maximum absolute atomic E-state index is 12.2. The van der Waals surface area contributed by atoms with E-state index in [2.05, 4.69) is 0 Å². The quantitative estimate of drug-likeness (QED) is 0.476. The van der Waals surface area contributed by atoms with E-state index >= 15 is 0 Å². The summed E-state index contributed by atoms with van der Waals surface area (Å²) < 4.78 is 0. The maximum Gasteiger partial charge on any atom is 0.338 e. The van der Waals surface area contributed by atoms with Crippen molar-refractivity contribution >= 4 is 23.7 Å². The normalized spacial score (nSPS) is 17.4. The standard InChI is InChI=1S/C14H22O8/c1-7(2)12(4,5)14(8(3)15,11(20)21)13(22,10(18)19)6-9(16)17/h7,22H,6H2,1-5H3,(H,16,17)(H,18,19)(H,20,21). The first kappa shape index (κ1) is 20.0. The molecule has 0 aliphatic carbocycles.